The fourth-order valence-electron chi connectivity index (χ4n) is 0.215. The Morgan fingerprint density at radius 1 is 1.88 bits per heavy atom. The first kappa shape index (κ1) is 7.14. The zero-order valence-electron chi connectivity index (χ0n) is 4.47. The van der Waals surface area contributed by atoms with Crippen LogP contribution in [0.3, 0.4) is 0 Å². The quantitative estimate of drug-likeness (QED) is 0.549. The van der Waals surface area contributed by atoms with Crippen molar-refractivity contribution < 1.29 is 14.3 Å². The zero-order valence-corrected chi connectivity index (χ0v) is 4.47. The number of halogens is 1. The first-order valence-corrected chi connectivity index (χ1v) is 2.18. The maximum atomic E-state index is 11.7. The van der Waals surface area contributed by atoms with Gasteiger partial charge in [0.25, 0.3) is 0 Å². The van der Waals surface area contributed by atoms with E-state index in [0.717, 1.165) is 12.2 Å². The summed E-state index contributed by atoms with van der Waals surface area (Å²) in [6.07, 6.45) is 0.582. The highest BCUT2D eigenvalue weighted by atomic mass is 19.1. The Morgan fingerprint density at radius 3 is 2.50 bits per heavy atom. The van der Waals surface area contributed by atoms with Crippen molar-refractivity contribution in [1.29, 1.82) is 0 Å². The second-order valence-electron chi connectivity index (χ2n) is 1.37. The molecule has 0 aromatic carbocycles. The van der Waals surface area contributed by atoms with Gasteiger partial charge < -0.3 is 5.11 Å². The highest BCUT2D eigenvalue weighted by Crippen LogP contribution is 1.88. The van der Waals surface area contributed by atoms with E-state index in [4.69, 9.17) is 5.11 Å². The zero-order chi connectivity index (χ0) is 6.57. The molecule has 0 rings (SSSR count). The number of aliphatic carboxylic acids is 1. The van der Waals surface area contributed by atoms with Crippen molar-refractivity contribution in [2.45, 2.75) is 13.1 Å². The van der Waals surface area contributed by atoms with Crippen molar-refractivity contribution in [3.8, 4) is 0 Å². The number of allylic oxidation sites excluding steroid dienone is 1. The van der Waals surface area contributed by atoms with Gasteiger partial charge in [-0.1, -0.05) is 0 Å². The molecule has 0 bridgehead atoms. The molecule has 0 heterocycles. The predicted molar refractivity (Wildman–Crippen MR) is 27.3 cm³/mol. The number of alkyl halides is 1. The number of rotatable bonds is 2. The molecule has 2 nitrogen and oxygen atoms in total. The van der Waals surface area contributed by atoms with Crippen LogP contribution in [-0.2, 0) is 4.79 Å². The average molecular weight is 118 g/mol. The normalized spacial score (nSPS) is 14.2. The van der Waals surface area contributed by atoms with Gasteiger partial charge in [-0.2, -0.15) is 0 Å². The smallest absolute Gasteiger partial charge is 0.328 e. The first-order chi connectivity index (χ1) is 3.63. The summed E-state index contributed by atoms with van der Waals surface area (Å²) in [5.41, 5.74) is 0. The number of carboxylic acids is 1. The van der Waals surface area contributed by atoms with E-state index in [1.54, 1.807) is 0 Å². The summed E-state index contributed by atoms with van der Waals surface area (Å²) in [7, 11) is 0. The number of carboxylic acid groups (broad SMARTS) is 1. The maximum Gasteiger partial charge on any atom is 0.328 e. The minimum atomic E-state index is -1.17. The van der Waals surface area contributed by atoms with E-state index in [0.29, 0.717) is 0 Å². The van der Waals surface area contributed by atoms with Crippen LogP contribution in [0.25, 0.3) is 0 Å². The van der Waals surface area contributed by atoms with Crippen LogP contribution in [0.2, 0.25) is 0 Å². The third-order valence-electron chi connectivity index (χ3n) is 0.504. The van der Waals surface area contributed by atoms with E-state index < -0.39 is 12.1 Å². The lowest BCUT2D eigenvalue weighted by Gasteiger charge is -1.84. The van der Waals surface area contributed by atoms with E-state index in [-0.39, 0.29) is 0 Å². The lowest BCUT2D eigenvalue weighted by molar-refractivity contribution is -0.131. The molecule has 0 saturated heterocycles. The van der Waals surface area contributed by atoms with Crippen molar-refractivity contribution in [2.24, 2.45) is 0 Å². The van der Waals surface area contributed by atoms with Gasteiger partial charge in [0, 0.05) is 6.08 Å². The Morgan fingerprint density at radius 2 is 2.38 bits per heavy atom. The van der Waals surface area contributed by atoms with Gasteiger partial charge in [0.1, 0.15) is 6.17 Å². The lowest BCUT2D eigenvalue weighted by Crippen LogP contribution is -1.90. The van der Waals surface area contributed by atoms with Crippen LogP contribution < -0.4 is 0 Å². The van der Waals surface area contributed by atoms with Crippen LogP contribution in [0.5, 0.6) is 0 Å². The topological polar surface area (TPSA) is 37.3 Å². The Bertz CT molecular complexity index is 107. The monoisotopic (exact) mass is 118 g/mol. The highest BCUT2D eigenvalue weighted by molar-refractivity contribution is 5.79. The molecule has 0 aromatic rings. The third-order valence-corrected chi connectivity index (χ3v) is 0.504. The summed E-state index contributed by atoms with van der Waals surface area (Å²) in [6, 6.07) is 0. The van der Waals surface area contributed by atoms with Gasteiger partial charge in [0.15, 0.2) is 0 Å². The van der Waals surface area contributed by atoms with Gasteiger partial charge in [0.05, 0.1) is 0 Å². The summed E-state index contributed by atoms with van der Waals surface area (Å²) in [6.45, 7) is 1.26. The van der Waals surface area contributed by atoms with E-state index in [2.05, 4.69) is 0 Å². The molecule has 1 N–H and O–H groups in total. The van der Waals surface area contributed by atoms with Crippen molar-refractivity contribution in [1.82, 2.24) is 0 Å². The fraction of sp³-hybridized carbons (Fsp3) is 0.400. The van der Waals surface area contributed by atoms with Crippen molar-refractivity contribution in [2.75, 3.05) is 0 Å². The van der Waals surface area contributed by atoms with Gasteiger partial charge in [0.2, 0.25) is 0 Å². The number of hydrogen-bond acceptors (Lipinski definition) is 1. The average Bonchev–Trinajstić information content (AvgIpc) is 1.61. The lowest BCUT2D eigenvalue weighted by atomic mass is 10.4. The molecule has 3 heteroatoms. The molecule has 8 heavy (non-hydrogen) atoms. The molecule has 0 radical (unpaired) electrons. The third kappa shape index (κ3) is 5.14. The minimum Gasteiger partial charge on any atom is -0.478 e. The van der Waals surface area contributed by atoms with Crippen LogP contribution in [-0.4, -0.2) is 17.2 Å². The molecular formula is C5H7FO2. The van der Waals surface area contributed by atoms with Crippen LogP contribution in [0.1, 0.15) is 6.92 Å². The molecule has 0 fully saturated rings. The van der Waals surface area contributed by atoms with Gasteiger partial charge in [-0.15, -0.1) is 0 Å². The van der Waals surface area contributed by atoms with Crippen LogP contribution in [0.4, 0.5) is 4.39 Å². The standard InChI is InChI=1S/C5H7FO2/c1-4(6)2-3-5(7)8/h2-4H,1H3,(H,7,8). The summed E-state index contributed by atoms with van der Waals surface area (Å²) >= 11 is 0. The van der Waals surface area contributed by atoms with Gasteiger partial charge >= 0.3 is 5.97 Å². The van der Waals surface area contributed by atoms with Gasteiger partial charge in [-0.25, -0.2) is 9.18 Å². The second kappa shape index (κ2) is 3.18. The van der Waals surface area contributed by atoms with Crippen molar-refractivity contribution in [3.05, 3.63) is 12.2 Å². The minimum absolute atomic E-state index is 0.782. The fourth-order valence-corrected chi connectivity index (χ4v) is 0.215. The molecule has 0 aromatic heterocycles. The van der Waals surface area contributed by atoms with E-state index in [1.165, 1.54) is 6.92 Å². The second-order valence-corrected chi connectivity index (χ2v) is 1.37. The summed E-state index contributed by atoms with van der Waals surface area (Å²) < 4.78 is 11.7. The number of carbonyl (C=O) groups is 1. The van der Waals surface area contributed by atoms with E-state index >= 15 is 0 Å². The molecule has 46 valence electrons. The molecule has 0 aliphatic carbocycles. The van der Waals surface area contributed by atoms with E-state index in [9.17, 15) is 9.18 Å². The van der Waals surface area contributed by atoms with Crippen LogP contribution in [0.15, 0.2) is 12.2 Å². The Kier molecular flexibility index (Phi) is 2.84. The molecule has 0 aliphatic rings. The SMILES string of the molecule is CC(F)C=CC(=O)O. The maximum absolute atomic E-state index is 11.7. The summed E-state index contributed by atoms with van der Waals surface area (Å²) in [4.78, 5) is 9.65. The van der Waals surface area contributed by atoms with Crippen molar-refractivity contribution >= 4 is 5.97 Å². The molecule has 1 atom stereocenters. The molecule has 1 unspecified atom stereocenters. The molecule has 0 saturated carbocycles. The summed E-state index contributed by atoms with van der Waals surface area (Å²) in [5, 5.41) is 7.91. The predicted octanol–water partition coefficient (Wildman–Crippen LogP) is 0.985. The first-order valence-electron chi connectivity index (χ1n) is 2.18. The van der Waals surface area contributed by atoms with Crippen LogP contribution >= 0.6 is 0 Å². The largest absolute Gasteiger partial charge is 0.478 e. The summed E-state index contributed by atoms with van der Waals surface area (Å²) in [5.74, 6) is -1.12. The van der Waals surface area contributed by atoms with Crippen molar-refractivity contribution in [3.63, 3.8) is 0 Å². The molecule has 0 aliphatic heterocycles. The number of hydrogen-bond donors (Lipinski definition) is 1. The molecule has 0 amide bonds. The molecular weight excluding hydrogens is 111 g/mol. The van der Waals surface area contributed by atoms with Gasteiger partial charge in [-0.05, 0) is 13.0 Å². The Hall–Kier alpha value is -0.860. The Labute approximate surface area is 46.6 Å². The van der Waals surface area contributed by atoms with Crippen LogP contribution in [0, 0.1) is 0 Å². The molecule has 0 spiro atoms. The van der Waals surface area contributed by atoms with E-state index in [1.807, 2.05) is 0 Å². The van der Waals surface area contributed by atoms with Gasteiger partial charge in [-0.3, -0.25) is 0 Å². The highest BCUT2D eigenvalue weighted by Gasteiger charge is 1.89. The Balaban J connectivity index is 3.50.